The lowest BCUT2D eigenvalue weighted by molar-refractivity contribution is -0.130. The Morgan fingerprint density at radius 1 is 1.35 bits per heavy atom. The van der Waals surface area contributed by atoms with Crippen LogP contribution in [0.2, 0.25) is 0 Å². The van der Waals surface area contributed by atoms with Gasteiger partial charge >= 0.3 is 0 Å². The van der Waals surface area contributed by atoms with Crippen molar-refractivity contribution in [1.82, 2.24) is 4.90 Å². The van der Waals surface area contributed by atoms with Crippen LogP contribution >= 0.6 is 11.8 Å². The summed E-state index contributed by atoms with van der Waals surface area (Å²) in [6.07, 6.45) is 1.45. The maximum Gasteiger partial charge on any atom is 0.222 e. The molecule has 0 aliphatic rings. The third-order valence-electron chi connectivity index (χ3n) is 3.13. The number of nitrogen functional groups attached to an aromatic ring is 1. The first-order valence-electron chi connectivity index (χ1n) is 6.96. The van der Waals surface area contributed by atoms with Crippen molar-refractivity contribution in [3.8, 4) is 5.75 Å². The summed E-state index contributed by atoms with van der Waals surface area (Å²) in [5.74, 6) is 1.92. The SMILES string of the molecule is CCN(CC)C(=O)CCCSc1cc(OC)ccc1N. The van der Waals surface area contributed by atoms with Crippen LogP contribution in [0, 0.1) is 0 Å². The Morgan fingerprint density at radius 3 is 2.65 bits per heavy atom. The fourth-order valence-electron chi connectivity index (χ4n) is 1.91. The molecule has 112 valence electrons. The lowest BCUT2D eigenvalue weighted by Gasteiger charge is -2.18. The number of hydrogen-bond donors (Lipinski definition) is 1. The summed E-state index contributed by atoms with van der Waals surface area (Å²) >= 11 is 1.67. The second-order valence-electron chi connectivity index (χ2n) is 4.42. The second kappa shape index (κ2) is 8.74. The summed E-state index contributed by atoms with van der Waals surface area (Å²) in [6, 6.07) is 5.64. The van der Waals surface area contributed by atoms with Gasteiger partial charge in [0.15, 0.2) is 0 Å². The minimum Gasteiger partial charge on any atom is -0.497 e. The number of rotatable bonds is 8. The molecule has 0 unspecified atom stereocenters. The first-order valence-corrected chi connectivity index (χ1v) is 7.95. The highest BCUT2D eigenvalue weighted by atomic mass is 32.2. The minimum atomic E-state index is 0.231. The molecule has 0 spiro atoms. The van der Waals surface area contributed by atoms with Gasteiger partial charge in [-0.05, 0) is 44.2 Å². The molecule has 1 amide bonds. The minimum absolute atomic E-state index is 0.231. The number of methoxy groups -OCH3 is 1. The van der Waals surface area contributed by atoms with Crippen molar-refractivity contribution in [2.45, 2.75) is 31.6 Å². The third kappa shape index (κ3) is 4.96. The normalized spacial score (nSPS) is 10.3. The molecule has 20 heavy (non-hydrogen) atoms. The summed E-state index contributed by atoms with van der Waals surface area (Å²) in [7, 11) is 1.64. The fraction of sp³-hybridized carbons (Fsp3) is 0.533. The Balaban J connectivity index is 2.39. The zero-order valence-corrected chi connectivity index (χ0v) is 13.3. The van der Waals surface area contributed by atoms with Gasteiger partial charge in [-0.25, -0.2) is 0 Å². The Kier molecular flexibility index (Phi) is 7.30. The number of anilines is 1. The number of amides is 1. The van der Waals surface area contributed by atoms with Crippen LogP contribution in [0.5, 0.6) is 5.75 Å². The van der Waals surface area contributed by atoms with Crippen molar-refractivity contribution in [3.05, 3.63) is 18.2 Å². The number of hydrogen-bond acceptors (Lipinski definition) is 4. The van der Waals surface area contributed by atoms with Gasteiger partial charge in [0, 0.05) is 30.1 Å². The Morgan fingerprint density at radius 2 is 2.05 bits per heavy atom. The molecular formula is C15H24N2O2S. The Labute approximate surface area is 125 Å². The van der Waals surface area contributed by atoms with E-state index >= 15 is 0 Å². The largest absolute Gasteiger partial charge is 0.497 e. The predicted octanol–water partition coefficient (Wildman–Crippen LogP) is 3.02. The van der Waals surface area contributed by atoms with Crippen molar-refractivity contribution < 1.29 is 9.53 Å². The van der Waals surface area contributed by atoms with Gasteiger partial charge < -0.3 is 15.4 Å². The van der Waals surface area contributed by atoms with E-state index in [9.17, 15) is 4.79 Å². The monoisotopic (exact) mass is 296 g/mol. The van der Waals surface area contributed by atoms with Crippen LogP contribution in [0.25, 0.3) is 0 Å². The highest BCUT2D eigenvalue weighted by molar-refractivity contribution is 7.99. The van der Waals surface area contributed by atoms with Crippen LogP contribution in [0.3, 0.4) is 0 Å². The van der Waals surface area contributed by atoms with Crippen LogP contribution in [0.15, 0.2) is 23.1 Å². The van der Waals surface area contributed by atoms with Gasteiger partial charge in [-0.3, -0.25) is 4.79 Å². The predicted molar refractivity (Wildman–Crippen MR) is 85.3 cm³/mol. The van der Waals surface area contributed by atoms with Gasteiger partial charge in [-0.15, -0.1) is 11.8 Å². The van der Waals surface area contributed by atoms with Crippen LogP contribution in [-0.4, -0.2) is 36.8 Å². The molecule has 4 nitrogen and oxygen atoms in total. The average molecular weight is 296 g/mol. The number of carbonyl (C=O) groups is 1. The number of nitrogens with zero attached hydrogens (tertiary/aromatic N) is 1. The molecule has 0 aliphatic heterocycles. The molecule has 0 saturated carbocycles. The Hall–Kier alpha value is -1.36. The molecule has 0 fully saturated rings. The van der Waals surface area contributed by atoms with E-state index in [0.717, 1.165) is 41.6 Å². The molecule has 0 aromatic heterocycles. The quantitative estimate of drug-likeness (QED) is 0.455. The zero-order chi connectivity index (χ0) is 15.0. The third-order valence-corrected chi connectivity index (χ3v) is 4.29. The first kappa shape index (κ1) is 16.7. The van der Waals surface area contributed by atoms with Gasteiger partial charge in [-0.1, -0.05) is 0 Å². The summed E-state index contributed by atoms with van der Waals surface area (Å²) < 4.78 is 5.19. The van der Waals surface area contributed by atoms with E-state index in [1.165, 1.54) is 0 Å². The zero-order valence-electron chi connectivity index (χ0n) is 12.5. The van der Waals surface area contributed by atoms with Gasteiger partial charge in [0.2, 0.25) is 5.91 Å². The van der Waals surface area contributed by atoms with E-state index in [0.29, 0.717) is 6.42 Å². The van der Waals surface area contributed by atoms with Gasteiger partial charge in [0.25, 0.3) is 0 Å². The molecule has 0 bridgehead atoms. The van der Waals surface area contributed by atoms with E-state index in [1.54, 1.807) is 18.9 Å². The highest BCUT2D eigenvalue weighted by Crippen LogP contribution is 2.29. The lowest BCUT2D eigenvalue weighted by atomic mass is 10.3. The number of thioether (sulfide) groups is 1. The maximum absolute atomic E-state index is 11.9. The topological polar surface area (TPSA) is 55.6 Å². The molecule has 1 aromatic carbocycles. The number of ether oxygens (including phenoxy) is 1. The van der Waals surface area contributed by atoms with Crippen LogP contribution in [0.1, 0.15) is 26.7 Å². The molecule has 0 radical (unpaired) electrons. The van der Waals surface area contributed by atoms with Crippen LogP contribution in [0.4, 0.5) is 5.69 Å². The molecule has 5 heteroatoms. The van der Waals surface area contributed by atoms with Gasteiger partial charge in [0.05, 0.1) is 7.11 Å². The summed E-state index contributed by atoms with van der Waals surface area (Å²) in [5.41, 5.74) is 6.68. The van der Waals surface area contributed by atoms with Crippen molar-refractivity contribution in [2.75, 3.05) is 31.7 Å². The van der Waals surface area contributed by atoms with E-state index in [2.05, 4.69) is 0 Å². The van der Waals surface area contributed by atoms with Crippen molar-refractivity contribution >= 4 is 23.4 Å². The van der Waals surface area contributed by atoms with E-state index in [-0.39, 0.29) is 5.91 Å². The maximum atomic E-state index is 11.9. The number of nitrogens with two attached hydrogens (primary N) is 1. The van der Waals surface area contributed by atoms with Crippen molar-refractivity contribution in [3.63, 3.8) is 0 Å². The first-order chi connectivity index (χ1) is 9.62. The molecule has 0 aliphatic carbocycles. The molecular weight excluding hydrogens is 272 g/mol. The second-order valence-corrected chi connectivity index (χ2v) is 5.56. The van der Waals surface area contributed by atoms with Crippen molar-refractivity contribution in [2.24, 2.45) is 0 Å². The standard InChI is InChI=1S/C15H24N2O2S/c1-4-17(5-2)15(18)7-6-10-20-14-11-12(19-3)8-9-13(14)16/h8-9,11H,4-7,10,16H2,1-3H3. The average Bonchev–Trinajstić information content (AvgIpc) is 2.46. The highest BCUT2D eigenvalue weighted by Gasteiger charge is 2.09. The molecule has 0 atom stereocenters. The van der Waals surface area contributed by atoms with Crippen molar-refractivity contribution in [1.29, 1.82) is 0 Å². The van der Waals surface area contributed by atoms with Gasteiger partial charge in [0.1, 0.15) is 5.75 Å². The molecule has 1 aromatic rings. The fourth-order valence-corrected chi connectivity index (χ4v) is 2.85. The van der Waals surface area contributed by atoms with Crippen LogP contribution < -0.4 is 10.5 Å². The van der Waals surface area contributed by atoms with E-state index in [4.69, 9.17) is 10.5 Å². The van der Waals surface area contributed by atoms with Gasteiger partial charge in [-0.2, -0.15) is 0 Å². The van der Waals surface area contributed by atoms with Crippen LogP contribution in [-0.2, 0) is 4.79 Å². The molecule has 0 saturated heterocycles. The Bertz CT molecular complexity index is 434. The summed E-state index contributed by atoms with van der Waals surface area (Å²) in [5, 5.41) is 0. The lowest BCUT2D eigenvalue weighted by Crippen LogP contribution is -2.30. The van der Waals surface area contributed by atoms with E-state index < -0.39 is 0 Å². The molecule has 1 rings (SSSR count). The summed E-state index contributed by atoms with van der Waals surface area (Å²) in [6.45, 7) is 5.58. The summed E-state index contributed by atoms with van der Waals surface area (Å²) in [4.78, 5) is 14.7. The smallest absolute Gasteiger partial charge is 0.222 e. The molecule has 2 N–H and O–H groups in total. The number of benzene rings is 1. The molecule has 0 heterocycles. The number of carbonyl (C=O) groups excluding carboxylic acids is 1. The van der Waals surface area contributed by atoms with E-state index in [1.807, 2.05) is 36.9 Å².